The molecule has 0 aromatic carbocycles. The molecule has 0 aliphatic rings. The van der Waals surface area contributed by atoms with E-state index in [-0.39, 0.29) is 0 Å². The molecule has 0 heterocycles. The van der Waals surface area contributed by atoms with E-state index >= 15 is 0 Å². The Kier molecular flexibility index (Phi) is 4.42. The molecule has 0 bridgehead atoms. The van der Waals surface area contributed by atoms with E-state index in [4.69, 9.17) is 0 Å². The number of hydrogen-bond acceptors (Lipinski definition) is 1. The van der Waals surface area contributed by atoms with E-state index in [1.54, 1.807) is 0 Å². The summed E-state index contributed by atoms with van der Waals surface area (Å²) in [5, 5.41) is 0. The quantitative estimate of drug-likeness (QED) is 0.579. The van der Waals surface area contributed by atoms with Crippen LogP contribution >= 0.6 is 0 Å². The van der Waals surface area contributed by atoms with Crippen molar-refractivity contribution < 1.29 is 0 Å². The molecule has 0 unspecified atom stereocenters. The van der Waals surface area contributed by atoms with Crippen LogP contribution in [0.15, 0.2) is 36.1 Å². The first-order valence-electron chi connectivity index (χ1n) is 4.21. The van der Waals surface area contributed by atoms with Crippen molar-refractivity contribution in [1.82, 2.24) is 4.90 Å². The van der Waals surface area contributed by atoms with Gasteiger partial charge < -0.3 is 4.90 Å². The maximum Gasteiger partial charge on any atom is 0.0320 e. The van der Waals surface area contributed by atoms with Gasteiger partial charge in [-0.25, -0.2) is 0 Å². The molecule has 0 rings (SSSR count). The Morgan fingerprint density at radius 2 is 1.83 bits per heavy atom. The highest BCUT2D eigenvalue weighted by molar-refractivity contribution is 5.32. The van der Waals surface area contributed by atoms with Crippen LogP contribution in [0.1, 0.15) is 20.3 Å². The number of hydrogen-bond donors (Lipinski definition) is 0. The number of allylic oxidation sites excluding steroid dienone is 3. The first-order valence-corrected chi connectivity index (χ1v) is 4.21. The van der Waals surface area contributed by atoms with Crippen molar-refractivity contribution in [3.63, 3.8) is 0 Å². The second kappa shape index (κ2) is 4.81. The fourth-order valence-corrected chi connectivity index (χ4v) is 0.974. The molecule has 0 aliphatic heterocycles. The maximum atomic E-state index is 3.99. The molecule has 0 saturated carbocycles. The van der Waals surface area contributed by atoms with Gasteiger partial charge in [-0.05, 0) is 18.9 Å². The minimum atomic E-state index is 1.00. The number of rotatable bonds is 4. The lowest BCUT2D eigenvalue weighted by Gasteiger charge is -2.17. The van der Waals surface area contributed by atoms with E-state index in [9.17, 15) is 0 Å². The lowest BCUT2D eigenvalue weighted by Crippen LogP contribution is -2.11. The minimum absolute atomic E-state index is 1.00. The Bertz CT molecular complexity index is 209. The van der Waals surface area contributed by atoms with Crippen molar-refractivity contribution in [3.8, 4) is 0 Å². The summed E-state index contributed by atoms with van der Waals surface area (Å²) >= 11 is 0. The van der Waals surface area contributed by atoms with Gasteiger partial charge in [0.1, 0.15) is 0 Å². The SMILES string of the molecule is C=C(C)/C=C(/CC)C(=C)N(C)C. The van der Waals surface area contributed by atoms with Crippen molar-refractivity contribution in [2.75, 3.05) is 14.1 Å². The van der Waals surface area contributed by atoms with Crippen LogP contribution in [0, 0.1) is 0 Å². The molecule has 12 heavy (non-hydrogen) atoms. The molecule has 0 N–H and O–H groups in total. The summed E-state index contributed by atoms with van der Waals surface area (Å²) in [7, 11) is 4.01. The van der Waals surface area contributed by atoms with E-state index in [1.807, 2.05) is 25.9 Å². The zero-order valence-corrected chi connectivity index (χ0v) is 8.65. The van der Waals surface area contributed by atoms with Crippen LogP contribution in [0.4, 0.5) is 0 Å². The van der Waals surface area contributed by atoms with Crippen molar-refractivity contribution in [2.24, 2.45) is 0 Å². The third-order valence-electron chi connectivity index (χ3n) is 1.71. The molecule has 0 amide bonds. The lowest BCUT2D eigenvalue weighted by molar-refractivity contribution is 0.520. The summed E-state index contributed by atoms with van der Waals surface area (Å²) in [4.78, 5) is 2.03. The Morgan fingerprint density at radius 1 is 1.33 bits per heavy atom. The Hall–Kier alpha value is -0.980. The fraction of sp³-hybridized carbons (Fsp3) is 0.455. The van der Waals surface area contributed by atoms with Gasteiger partial charge in [-0.1, -0.05) is 31.7 Å². The van der Waals surface area contributed by atoms with Crippen LogP contribution in [0.2, 0.25) is 0 Å². The average Bonchev–Trinajstić information content (AvgIpc) is 1.98. The van der Waals surface area contributed by atoms with Crippen LogP contribution in [0.25, 0.3) is 0 Å². The van der Waals surface area contributed by atoms with E-state index in [0.717, 1.165) is 17.7 Å². The first kappa shape index (κ1) is 11.0. The molecule has 0 fully saturated rings. The number of nitrogens with zero attached hydrogens (tertiary/aromatic N) is 1. The van der Waals surface area contributed by atoms with Crippen LogP contribution in [0.5, 0.6) is 0 Å². The summed E-state index contributed by atoms with van der Waals surface area (Å²) in [5.74, 6) is 0. The zero-order chi connectivity index (χ0) is 9.72. The van der Waals surface area contributed by atoms with Gasteiger partial charge >= 0.3 is 0 Å². The van der Waals surface area contributed by atoms with Crippen LogP contribution < -0.4 is 0 Å². The lowest BCUT2D eigenvalue weighted by atomic mass is 10.1. The summed E-state index contributed by atoms with van der Waals surface area (Å²) < 4.78 is 0. The molecular formula is C11H19N. The zero-order valence-electron chi connectivity index (χ0n) is 8.65. The molecule has 0 aliphatic carbocycles. The Morgan fingerprint density at radius 3 is 2.08 bits per heavy atom. The van der Waals surface area contributed by atoms with Crippen molar-refractivity contribution in [2.45, 2.75) is 20.3 Å². The largest absolute Gasteiger partial charge is 0.378 e. The molecule has 0 radical (unpaired) electrons. The van der Waals surface area contributed by atoms with E-state index in [1.165, 1.54) is 5.57 Å². The summed E-state index contributed by atoms with van der Waals surface area (Å²) in [6.07, 6.45) is 3.09. The molecule has 1 heteroatoms. The van der Waals surface area contributed by atoms with Crippen molar-refractivity contribution in [3.05, 3.63) is 36.1 Å². The van der Waals surface area contributed by atoms with Gasteiger partial charge in [0.25, 0.3) is 0 Å². The van der Waals surface area contributed by atoms with Crippen molar-refractivity contribution in [1.29, 1.82) is 0 Å². The van der Waals surface area contributed by atoms with Gasteiger partial charge in [0.15, 0.2) is 0 Å². The van der Waals surface area contributed by atoms with Gasteiger partial charge in [0.05, 0.1) is 0 Å². The monoisotopic (exact) mass is 165 g/mol. The number of likely N-dealkylation sites (N-methyl/N-ethyl adjacent to an activating group) is 1. The molecule has 0 atom stereocenters. The van der Waals surface area contributed by atoms with E-state index in [2.05, 4.69) is 26.2 Å². The van der Waals surface area contributed by atoms with Crippen LogP contribution in [-0.4, -0.2) is 19.0 Å². The van der Waals surface area contributed by atoms with E-state index < -0.39 is 0 Å². The predicted octanol–water partition coefficient (Wildman–Crippen LogP) is 2.97. The highest BCUT2D eigenvalue weighted by atomic mass is 15.1. The highest BCUT2D eigenvalue weighted by Gasteiger charge is 2.01. The normalized spacial score (nSPS) is 11.2. The smallest absolute Gasteiger partial charge is 0.0320 e. The maximum absolute atomic E-state index is 3.99. The standard InChI is InChI=1S/C11H19N/c1-7-11(8-9(2)3)10(4)12(5)6/h8H,2,4,7H2,1,3,5-6H3/b11-8-. The van der Waals surface area contributed by atoms with Crippen molar-refractivity contribution >= 4 is 0 Å². The highest BCUT2D eigenvalue weighted by Crippen LogP contribution is 2.15. The predicted molar refractivity (Wildman–Crippen MR) is 56.0 cm³/mol. The molecule has 1 nitrogen and oxygen atoms in total. The molecule has 0 spiro atoms. The molecule has 0 saturated heterocycles. The van der Waals surface area contributed by atoms with Gasteiger partial charge in [-0.2, -0.15) is 0 Å². The summed E-state index contributed by atoms with van der Waals surface area (Å²) in [6, 6.07) is 0. The van der Waals surface area contributed by atoms with Gasteiger partial charge in [-0.3, -0.25) is 0 Å². The average molecular weight is 165 g/mol. The molecule has 68 valence electrons. The second-order valence-corrected chi connectivity index (χ2v) is 3.21. The Labute approximate surface area is 76.1 Å². The van der Waals surface area contributed by atoms with Crippen LogP contribution in [-0.2, 0) is 0 Å². The molecule has 0 aromatic rings. The topological polar surface area (TPSA) is 3.24 Å². The second-order valence-electron chi connectivity index (χ2n) is 3.21. The van der Waals surface area contributed by atoms with Crippen LogP contribution in [0.3, 0.4) is 0 Å². The van der Waals surface area contributed by atoms with Gasteiger partial charge in [0, 0.05) is 19.8 Å². The Balaban J connectivity index is 4.56. The van der Waals surface area contributed by atoms with Gasteiger partial charge in [-0.15, -0.1) is 0 Å². The molecular weight excluding hydrogens is 146 g/mol. The fourth-order valence-electron chi connectivity index (χ4n) is 0.974. The van der Waals surface area contributed by atoms with E-state index in [0.29, 0.717) is 0 Å². The summed E-state index contributed by atoms with van der Waals surface area (Å²) in [6.45, 7) is 12.0. The molecule has 0 aromatic heterocycles. The first-order chi connectivity index (χ1) is 5.49. The van der Waals surface area contributed by atoms with Gasteiger partial charge in [0.2, 0.25) is 0 Å². The third-order valence-corrected chi connectivity index (χ3v) is 1.71. The third kappa shape index (κ3) is 3.42. The summed E-state index contributed by atoms with van der Waals surface area (Å²) in [5.41, 5.74) is 3.41. The minimum Gasteiger partial charge on any atom is -0.378 e.